The highest BCUT2D eigenvalue weighted by atomic mass is 79.9. The van der Waals surface area contributed by atoms with Gasteiger partial charge in [0, 0.05) is 24.0 Å². The van der Waals surface area contributed by atoms with Gasteiger partial charge in [-0.1, -0.05) is 28.1 Å². The lowest BCUT2D eigenvalue weighted by Crippen LogP contribution is -2.60. The van der Waals surface area contributed by atoms with E-state index in [1.165, 1.54) is 11.1 Å². The highest BCUT2D eigenvalue weighted by molar-refractivity contribution is 9.10. The molecule has 0 unspecified atom stereocenters. The van der Waals surface area contributed by atoms with Crippen LogP contribution in [-0.2, 0) is 6.42 Å². The first-order valence-electron chi connectivity index (χ1n) is 4.77. The van der Waals surface area contributed by atoms with Crippen LogP contribution in [0.4, 0.5) is 0 Å². The molecule has 0 radical (unpaired) electrons. The van der Waals surface area contributed by atoms with E-state index in [1.54, 1.807) is 0 Å². The largest absolute Gasteiger partial charge is 0.387 e. The van der Waals surface area contributed by atoms with E-state index >= 15 is 0 Å². The van der Waals surface area contributed by atoms with Gasteiger partial charge in [-0.3, -0.25) is 0 Å². The molecule has 1 aromatic rings. The van der Waals surface area contributed by atoms with Gasteiger partial charge in [0.2, 0.25) is 0 Å². The van der Waals surface area contributed by atoms with Crippen LogP contribution in [0.2, 0.25) is 0 Å². The molecule has 0 aliphatic carbocycles. The third-order valence-electron chi connectivity index (χ3n) is 2.66. The van der Waals surface area contributed by atoms with Gasteiger partial charge in [-0.05, 0) is 24.1 Å². The van der Waals surface area contributed by atoms with E-state index in [2.05, 4.69) is 40.3 Å². The maximum atomic E-state index is 9.95. The second-order valence-electron chi connectivity index (χ2n) is 4.09. The SMILES string of the molecule is Cc1cc(CC2(O)CNC2)ccc1Br. The predicted octanol–water partition coefficient (Wildman–Crippen LogP) is 1.63. The fraction of sp³-hybridized carbons (Fsp3) is 0.455. The number of aliphatic hydroxyl groups is 1. The summed E-state index contributed by atoms with van der Waals surface area (Å²) < 4.78 is 1.12. The fourth-order valence-corrected chi connectivity index (χ4v) is 1.98. The van der Waals surface area contributed by atoms with Crippen LogP contribution in [-0.4, -0.2) is 23.8 Å². The monoisotopic (exact) mass is 255 g/mol. The Labute approximate surface area is 92.5 Å². The summed E-state index contributed by atoms with van der Waals surface area (Å²) in [5.41, 5.74) is 1.91. The van der Waals surface area contributed by atoms with Gasteiger partial charge in [0.15, 0.2) is 0 Å². The molecule has 0 amide bonds. The van der Waals surface area contributed by atoms with Gasteiger partial charge in [-0.25, -0.2) is 0 Å². The fourth-order valence-electron chi connectivity index (χ4n) is 1.74. The van der Waals surface area contributed by atoms with Crippen molar-refractivity contribution in [3.8, 4) is 0 Å². The predicted molar refractivity (Wildman–Crippen MR) is 60.4 cm³/mol. The first kappa shape index (κ1) is 10.1. The quantitative estimate of drug-likeness (QED) is 0.843. The molecule has 0 bridgehead atoms. The molecular formula is C11H14BrNO. The Bertz CT molecular complexity index is 347. The number of benzene rings is 1. The molecule has 0 spiro atoms. The Morgan fingerprint density at radius 2 is 2.21 bits per heavy atom. The molecule has 1 heterocycles. The van der Waals surface area contributed by atoms with E-state index in [-0.39, 0.29) is 0 Å². The van der Waals surface area contributed by atoms with E-state index in [0.717, 1.165) is 10.9 Å². The number of nitrogens with one attached hydrogen (secondary N) is 1. The molecule has 14 heavy (non-hydrogen) atoms. The molecular weight excluding hydrogens is 242 g/mol. The maximum Gasteiger partial charge on any atom is 0.0935 e. The zero-order valence-corrected chi connectivity index (χ0v) is 9.76. The molecule has 1 aliphatic heterocycles. The zero-order valence-electron chi connectivity index (χ0n) is 8.18. The number of hydrogen-bond donors (Lipinski definition) is 2. The normalized spacial score (nSPS) is 19.1. The van der Waals surface area contributed by atoms with Crippen molar-refractivity contribution >= 4 is 15.9 Å². The van der Waals surface area contributed by atoms with Crippen molar-refractivity contribution in [3.05, 3.63) is 33.8 Å². The van der Waals surface area contributed by atoms with Crippen molar-refractivity contribution < 1.29 is 5.11 Å². The van der Waals surface area contributed by atoms with Crippen LogP contribution in [0.5, 0.6) is 0 Å². The van der Waals surface area contributed by atoms with Crippen molar-refractivity contribution in [2.24, 2.45) is 0 Å². The van der Waals surface area contributed by atoms with Crippen LogP contribution < -0.4 is 5.32 Å². The van der Waals surface area contributed by atoms with Gasteiger partial charge in [0.1, 0.15) is 0 Å². The average molecular weight is 256 g/mol. The van der Waals surface area contributed by atoms with E-state index in [1.807, 2.05) is 6.07 Å². The highest BCUT2D eigenvalue weighted by Crippen LogP contribution is 2.22. The van der Waals surface area contributed by atoms with Crippen molar-refractivity contribution in [1.82, 2.24) is 5.32 Å². The van der Waals surface area contributed by atoms with Crippen LogP contribution in [0.15, 0.2) is 22.7 Å². The van der Waals surface area contributed by atoms with Crippen molar-refractivity contribution in [1.29, 1.82) is 0 Å². The minimum Gasteiger partial charge on any atom is -0.387 e. The molecule has 2 N–H and O–H groups in total. The standard InChI is InChI=1S/C11H14BrNO/c1-8-4-9(2-3-10(8)12)5-11(14)6-13-7-11/h2-4,13-14H,5-7H2,1H3. The zero-order chi connectivity index (χ0) is 10.2. The van der Waals surface area contributed by atoms with Crippen LogP contribution in [0, 0.1) is 6.92 Å². The van der Waals surface area contributed by atoms with Crippen LogP contribution in [0.1, 0.15) is 11.1 Å². The lowest BCUT2D eigenvalue weighted by molar-refractivity contribution is -0.00902. The summed E-state index contributed by atoms with van der Waals surface area (Å²) in [4.78, 5) is 0. The van der Waals surface area contributed by atoms with Crippen molar-refractivity contribution in [3.63, 3.8) is 0 Å². The smallest absolute Gasteiger partial charge is 0.0935 e. The van der Waals surface area contributed by atoms with Gasteiger partial charge < -0.3 is 10.4 Å². The highest BCUT2D eigenvalue weighted by Gasteiger charge is 2.34. The van der Waals surface area contributed by atoms with E-state index in [9.17, 15) is 5.11 Å². The van der Waals surface area contributed by atoms with Gasteiger partial charge in [0.05, 0.1) is 5.60 Å². The van der Waals surface area contributed by atoms with Gasteiger partial charge >= 0.3 is 0 Å². The molecule has 1 saturated heterocycles. The molecule has 76 valence electrons. The Balaban J connectivity index is 2.13. The van der Waals surface area contributed by atoms with E-state index in [0.29, 0.717) is 13.1 Å². The molecule has 1 aliphatic rings. The van der Waals surface area contributed by atoms with Crippen molar-refractivity contribution in [2.45, 2.75) is 18.9 Å². The average Bonchev–Trinajstić information content (AvgIpc) is 2.09. The Kier molecular flexibility index (Phi) is 2.64. The maximum absolute atomic E-state index is 9.95. The molecule has 1 aromatic carbocycles. The Hall–Kier alpha value is -0.380. The number of halogens is 1. The lowest BCUT2D eigenvalue weighted by Gasteiger charge is -2.37. The third kappa shape index (κ3) is 2.00. The molecule has 0 atom stereocenters. The van der Waals surface area contributed by atoms with Crippen molar-refractivity contribution in [2.75, 3.05) is 13.1 Å². The topological polar surface area (TPSA) is 32.3 Å². The summed E-state index contributed by atoms with van der Waals surface area (Å²) in [7, 11) is 0. The Morgan fingerprint density at radius 1 is 1.50 bits per heavy atom. The van der Waals surface area contributed by atoms with E-state index in [4.69, 9.17) is 0 Å². The minimum absolute atomic E-state index is 0.514. The number of hydrogen-bond acceptors (Lipinski definition) is 2. The third-order valence-corrected chi connectivity index (χ3v) is 3.55. The van der Waals surface area contributed by atoms with Gasteiger partial charge in [0.25, 0.3) is 0 Å². The number of rotatable bonds is 2. The summed E-state index contributed by atoms with van der Waals surface area (Å²) >= 11 is 3.47. The Morgan fingerprint density at radius 3 is 2.71 bits per heavy atom. The molecule has 2 rings (SSSR count). The number of β-amino-alcohol motifs (C(OH)–C–C–N with tert-alkyl or cyclic N) is 1. The molecule has 1 fully saturated rings. The molecule has 0 aromatic heterocycles. The second-order valence-corrected chi connectivity index (χ2v) is 4.94. The molecule has 2 nitrogen and oxygen atoms in total. The van der Waals surface area contributed by atoms with Gasteiger partial charge in [-0.15, -0.1) is 0 Å². The minimum atomic E-state index is -0.514. The molecule has 3 heteroatoms. The number of aryl methyl sites for hydroxylation is 1. The van der Waals surface area contributed by atoms with Crippen LogP contribution in [0.25, 0.3) is 0 Å². The summed E-state index contributed by atoms with van der Waals surface area (Å²) in [5, 5.41) is 13.0. The van der Waals surface area contributed by atoms with Gasteiger partial charge in [-0.2, -0.15) is 0 Å². The van der Waals surface area contributed by atoms with Crippen LogP contribution >= 0.6 is 15.9 Å². The second kappa shape index (κ2) is 3.65. The first-order valence-corrected chi connectivity index (χ1v) is 5.56. The summed E-state index contributed by atoms with van der Waals surface area (Å²) in [6.07, 6.45) is 0.744. The first-order chi connectivity index (χ1) is 6.59. The van der Waals surface area contributed by atoms with E-state index < -0.39 is 5.60 Å². The summed E-state index contributed by atoms with van der Waals surface area (Å²) in [6, 6.07) is 6.23. The summed E-state index contributed by atoms with van der Waals surface area (Å²) in [5.74, 6) is 0. The van der Waals surface area contributed by atoms with Crippen LogP contribution in [0.3, 0.4) is 0 Å². The molecule has 0 saturated carbocycles. The summed E-state index contributed by atoms with van der Waals surface area (Å²) in [6.45, 7) is 3.49. The lowest BCUT2D eigenvalue weighted by atomic mass is 9.89.